The Morgan fingerprint density at radius 1 is 1.18 bits per heavy atom. The fraction of sp³-hybridized carbons (Fsp3) is 0. The van der Waals surface area contributed by atoms with Crippen LogP contribution in [-0.2, 0) is 0 Å². The number of halogens is 1. The van der Waals surface area contributed by atoms with Gasteiger partial charge in [0.2, 0.25) is 0 Å². The maximum Gasteiger partial charge on any atom is 0.323 e. The lowest BCUT2D eigenvalue weighted by Gasteiger charge is -2.04. The van der Waals surface area contributed by atoms with Crippen molar-refractivity contribution in [3.05, 3.63) is 74.9 Å². The third-order valence-corrected chi connectivity index (χ3v) is 3.20. The van der Waals surface area contributed by atoms with Gasteiger partial charge in [-0.3, -0.25) is 10.1 Å². The first-order valence-corrected chi connectivity index (χ1v) is 7.08. The molecule has 0 spiro atoms. The summed E-state index contributed by atoms with van der Waals surface area (Å²) in [5, 5.41) is 15.7. The molecule has 0 aromatic heterocycles. The number of anilines is 1. The monoisotopic (exact) mass is 361 g/mol. The van der Waals surface area contributed by atoms with Crippen molar-refractivity contribution in [3.8, 4) is 0 Å². The molecular formula is C15H12BrN3O3. The lowest BCUT2D eigenvalue weighted by atomic mass is 10.2. The van der Waals surface area contributed by atoms with Crippen molar-refractivity contribution >= 4 is 39.4 Å². The molecule has 0 unspecified atom stereocenters. The van der Waals surface area contributed by atoms with Gasteiger partial charge in [-0.15, -0.1) is 0 Å². The smallest absolute Gasteiger partial charge is 0.314 e. The van der Waals surface area contributed by atoms with Crippen LogP contribution in [0.3, 0.4) is 0 Å². The minimum Gasteiger partial charge on any atom is -0.314 e. The van der Waals surface area contributed by atoms with Crippen LogP contribution < -0.4 is 10.6 Å². The van der Waals surface area contributed by atoms with Crippen molar-refractivity contribution in [2.75, 3.05) is 5.32 Å². The molecule has 22 heavy (non-hydrogen) atoms. The summed E-state index contributed by atoms with van der Waals surface area (Å²) in [5.41, 5.74) is 1.20. The Morgan fingerprint density at radius 3 is 2.59 bits per heavy atom. The Morgan fingerprint density at radius 2 is 1.91 bits per heavy atom. The highest BCUT2D eigenvalue weighted by molar-refractivity contribution is 9.10. The molecule has 0 aliphatic heterocycles. The second kappa shape index (κ2) is 7.37. The van der Waals surface area contributed by atoms with Gasteiger partial charge in [0.1, 0.15) is 0 Å². The van der Waals surface area contributed by atoms with Gasteiger partial charge in [0.25, 0.3) is 5.69 Å². The molecule has 2 aromatic carbocycles. The Labute approximate surface area is 135 Å². The van der Waals surface area contributed by atoms with Crippen LogP contribution in [0.1, 0.15) is 5.56 Å². The van der Waals surface area contributed by atoms with E-state index in [0.29, 0.717) is 5.69 Å². The molecule has 2 amide bonds. The van der Waals surface area contributed by atoms with Crippen LogP contribution in [0, 0.1) is 10.1 Å². The van der Waals surface area contributed by atoms with Crippen LogP contribution >= 0.6 is 15.9 Å². The van der Waals surface area contributed by atoms with E-state index in [1.807, 2.05) is 24.3 Å². The minimum absolute atomic E-state index is 0.0804. The Balaban J connectivity index is 1.91. The maximum absolute atomic E-state index is 11.7. The highest BCUT2D eigenvalue weighted by Crippen LogP contribution is 2.16. The van der Waals surface area contributed by atoms with Crippen LogP contribution in [0.25, 0.3) is 6.08 Å². The molecule has 0 heterocycles. The first-order chi connectivity index (χ1) is 10.5. The van der Waals surface area contributed by atoms with Gasteiger partial charge >= 0.3 is 6.03 Å². The van der Waals surface area contributed by atoms with Crippen molar-refractivity contribution in [1.29, 1.82) is 0 Å². The minimum atomic E-state index is -0.517. The zero-order valence-corrected chi connectivity index (χ0v) is 12.9. The predicted octanol–water partition coefficient (Wildman–Crippen LogP) is 4.15. The highest BCUT2D eigenvalue weighted by atomic mass is 79.9. The third kappa shape index (κ3) is 4.71. The summed E-state index contributed by atoms with van der Waals surface area (Å²) in [7, 11) is 0. The number of hydrogen-bond acceptors (Lipinski definition) is 3. The van der Waals surface area contributed by atoms with E-state index in [2.05, 4.69) is 26.6 Å². The number of non-ortho nitro benzene ring substituents is 1. The van der Waals surface area contributed by atoms with E-state index in [4.69, 9.17) is 0 Å². The van der Waals surface area contributed by atoms with Crippen LogP contribution in [0.4, 0.5) is 16.2 Å². The number of carbonyl (C=O) groups is 1. The number of nitro groups is 1. The average molecular weight is 362 g/mol. The first-order valence-electron chi connectivity index (χ1n) is 6.29. The van der Waals surface area contributed by atoms with Gasteiger partial charge in [0, 0.05) is 28.5 Å². The molecule has 0 aliphatic carbocycles. The van der Waals surface area contributed by atoms with Crippen molar-refractivity contribution in [3.63, 3.8) is 0 Å². The van der Waals surface area contributed by atoms with E-state index in [1.54, 1.807) is 12.1 Å². The Bertz CT molecular complexity index is 714. The van der Waals surface area contributed by atoms with Crippen LogP contribution in [0.2, 0.25) is 0 Å². The average Bonchev–Trinajstić information content (AvgIpc) is 2.49. The van der Waals surface area contributed by atoms with Crippen LogP contribution in [-0.4, -0.2) is 11.0 Å². The molecule has 0 radical (unpaired) electrons. The van der Waals surface area contributed by atoms with Crippen LogP contribution in [0.5, 0.6) is 0 Å². The zero-order valence-electron chi connectivity index (χ0n) is 11.3. The zero-order chi connectivity index (χ0) is 15.9. The number of nitrogens with one attached hydrogen (secondary N) is 2. The maximum atomic E-state index is 11.7. The van der Waals surface area contributed by atoms with E-state index in [1.165, 1.54) is 24.4 Å². The second-order valence-electron chi connectivity index (χ2n) is 4.29. The van der Waals surface area contributed by atoms with E-state index >= 15 is 0 Å². The lowest BCUT2D eigenvalue weighted by molar-refractivity contribution is -0.384. The fourth-order valence-corrected chi connectivity index (χ4v) is 1.92. The van der Waals surface area contributed by atoms with E-state index < -0.39 is 11.0 Å². The summed E-state index contributed by atoms with van der Waals surface area (Å²) in [5.74, 6) is 0. The number of nitro benzene ring substituents is 1. The second-order valence-corrected chi connectivity index (χ2v) is 5.21. The molecule has 0 atom stereocenters. The van der Waals surface area contributed by atoms with Gasteiger partial charge in [-0.1, -0.05) is 34.1 Å². The molecule has 7 heteroatoms. The molecule has 2 N–H and O–H groups in total. The number of rotatable bonds is 4. The molecule has 0 bridgehead atoms. The molecule has 6 nitrogen and oxygen atoms in total. The molecule has 0 fully saturated rings. The molecule has 2 rings (SSSR count). The fourth-order valence-electron chi connectivity index (χ4n) is 1.65. The van der Waals surface area contributed by atoms with Crippen molar-refractivity contribution in [1.82, 2.24) is 5.32 Å². The van der Waals surface area contributed by atoms with Gasteiger partial charge in [0.15, 0.2) is 0 Å². The van der Waals surface area contributed by atoms with Crippen molar-refractivity contribution < 1.29 is 9.72 Å². The summed E-state index contributed by atoms with van der Waals surface area (Å²) in [4.78, 5) is 21.8. The SMILES string of the molecule is O=C(N/C=C/c1ccc(Br)cc1)Nc1cccc([N+](=O)[O-])c1. The Hall–Kier alpha value is -2.67. The van der Waals surface area contributed by atoms with Gasteiger partial charge in [-0.2, -0.15) is 0 Å². The van der Waals surface area contributed by atoms with Gasteiger partial charge in [-0.05, 0) is 29.8 Å². The van der Waals surface area contributed by atoms with Gasteiger partial charge in [-0.25, -0.2) is 4.79 Å². The van der Waals surface area contributed by atoms with Gasteiger partial charge in [0.05, 0.1) is 4.92 Å². The van der Waals surface area contributed by atoms with Crippen molar-refractivity contribution in [2.45, 2.75) is 0 Å². The number of benzene rings is 2. The van der Waals surface area contributed by atoms with Gasteiger partial charge < -0.3 is 10.6 Å². The first kappa shape index (κ1) is 15.7. The van der Waals surface area contributed by atoms with Crippen molar-refractivity contribution in [2.24, 2.45) is 0 Å². The molecular weight excluding hydrogens is 350 g/mol. The van der Waals surface area contributed by atoms with Crippen LogP contribution in [0.15, 0.2) is 59.2 Å². The third-order valence-electron chi connectivity index (χ3n) is 2.68. The quantitative estimate of drug-likeness (QED) is 0.633. The summed E-state index contributed by atoms with van der Waals surface area (Å²) in [6.45, 7) is 0. The number of urea groups is 1. The number of carbonyl (C=O) groups excluding carboxylic acids is 1. The summed E-state index contributed by atoms with van der Waals surface area (Å²) >= 11 is 3.34. The molecule has 2 aromatic rings. The topological polar surface area (TPSA) is 84.3 Å². The molecule has 112 valence electrons. The predicted molar refractivity (Wildman–Crippen MR) is 88.4 cm³/mol. The summed E-state index contributed by atoms with van der Waals surface area (Å²) in [6, 6.07) is 12.8. The lowest BCUT2D eigenvalue weighted by Crippen LogP contribution is -2.23. The number of hydrogen-bond donors (Lipinski definition) is 2. The van der Waals surface area contributed by atoms with E-state index in [9.17, 15) is 14.9 Å². The Kier molecular flexibility index (Phi) is 5.26. The summed E-state index contributed by atoms with van der Waals surface area (Å²) in [6.07, 6.45) is 3.23. The number of nitrogens with zero attached hydrogens (tertiary/aromatic N) is 1. The largest absolute Gasteiger partial charge is 0.323 e. The summed E-state index contributed by atoms with van der Waals surface area (Å²) < 4.78 is 0.973. The normalized spacial score (nSPS) is 10.4. The number of amides is 2. The molecule has 0 saturated heterocycles. The molecule has 0 aliphatic rings. The van der Waals surface area contributed by atoms with E-state index in [-0.39, 0.29) is 5.69 Å². The van der Waals surface area contributed by atoms with E-state index in [0.717, 1.165) is 10.0 Å². The standard InChI is InChI=1S/C15H12BrN3O3/c16-12-6-4-11(5-7-12)8-9-17-15(20)18-13-2-1-3-14(10-13)19(21)22/h1-10H,(H2,17,18,20)/b9-8+. The molecule has 0 saturated carbocycles. The highest BCUT2D eigenvalue weighted by Gasteiger charge is 2.06.